The molecule has 0 amide bonds. The first-order chi connectivity index (χ1) is 8.65. The molecule has 104 valence electrons. The van der Waals surface area contributed by atoms with Crippen molar-refractivity contribution >= 4 is 0 Å². The largest absolute Gasteiger partial charge is 0.329 e. The lowest BCUT2D eigenvalue weighted by atomic mass is 9.81. The predicted molar refractivity (Wildman–Crippen MR) is 75.5 cm³/mol. The van der Waals surface area contributed by atoms with E-state index in [1.54, 1.807) is 0 Å². The molecule has 18 heavy (non-hydrogen) atoms. The van der Waals surface area contributed by atoms with Crippen LogP contribution in [0.1, 0.15) is 39.5 Å². The molecule has 4 unspecified atom stereocenters. The van der Waals surface area contributed by atoms with Crippen LogP contribution < -0.4 is 5.73 Å². The SMILES string of the molecule is CC1CC(C)CN(C2(CN)CCN3CCCC32)C1. The Labute approximate surface area is 112 Å². The maximum absolute atomic E-state index is 6.28. The van der Waals surface area contributed by atoms with E-state index in [1.807, 2.05) is 0 Å². The molecule has 3 saturated heterocycles. The van der Waals surface area contributed by atoms with Crippen molar-refractivity contribution in [2.45, 2.75) is 51.1 Å². The second-order valence-corrected chi connectivity index (χ2v) is 7.10. The van der Waals surface area contributed by atoms with Crippen LogP contribution in [0.15, 0.2) is 0 Å². The third-order valence-electron chi connectivity index (χ3n) is 5.67. The first kappa shape index (κ1) is 12.9. The van der Waals surface area contributed by atoms with Gasteiger partial charge in [-0.05, 0) is 44.1 Å². The Morgan fingerprint density at radius 2 is 1.89 bits per heavy atom. The van der Waals surface area contributed by atoms with Crippen LogP contribution in [-0.4, -0.2) is 54.1 Å². The Hall–Kier alpha value is -0.120. The number of nitrogens with two attached hydrogens (primary N) is 1. The molecule has 0 aromatic heterocycles. The molecule has 3 nitrogen and oxygen atoms in total. The van der Waals surface area contributed by atoms with Crippen LogP contribution in [-0.2, 0) is 0 Å². The van der Waals surface area contributed by atoms with Gasteiger partial charge in [-0.25, -0.2) is 0 Å². The van der Waals surface area contributed by atoms with E-state index in [0.29, 0.717) is 5.54 Å². The summed E-state index contributed by atoms with van der Waals surface area (Å²) < 4.78 is 0. The molecular weight excluding hydrogens is 222 g/mol. The predicted octanol–water partition coefficient (Wildman–Crippen LogP) is 1.53. The minimum absolute atomic E-state index is 0.305. The van der Waals surface area contributed by atoms with E-state index in [4.69, 9.17) is 5.73 Å². The molecule has 0 radical (unpaired) electrons. The van der Waals surface area contributed by atoms with Crippen molar-refractivity contribution in [1.82, 2.24) is 9.80 Å². The van der Waals surface area contributed by atoms with Crippen LogP contribution in [0.4, 0.5) is 0 Å². The summed E-state index contributed by atoms with van der Waals surface area (Å²) in [5.41, 5.74) is 6.58. The van der Waals surface area contributed by atoms with E-state index in [0.717, 1.165) is 24.4 Å². The van der Waals surface area contributed by atoms with Gasteiger partial charge in [0.05, 0.1) is 0 Å². The van der Waals surface area contributed by atoms with Crippen LogP contribution in [0.5, 0.6) is 0 Å². The van der Waals surface area contributed by atoms with Gasteiger partial charge in [0, 0.05) is 37.8 Å². The lowest BCUT2D eigenvalue weighted by molar-refractivity contribution is 0.0116. The molecule has 3 heteroatoms. The number of hydrogen-bond acceptors (Lipinski definition) is 3. The van der Waals surface area contributed by atoms with Crippen molar-refractivity contribution in [3.63, 3.8) is 0 Å². The highest BCUT2D eigenvalue weighted by atomic mass is 15.3. The average molecular weight is 251 g/mol. The number of rotatable bonds is 2. The zero-order valence-electron chi connectivity index (χ0n) is 12.1. The summed E-state index contributed by atoms with van der Waals surface area (Å²) in [6.07, 6.45) is 5.45. The zero-order valence-corrected chi connectivity index (χ0v) is 12.1. The summed E-state index contributed by atoms with van der Waals surface area (Å²) >= 11 is 0. The summed E-state index contributed by atoms with van der Waals surface area (Å²) in [6.45, 7) is 10.8. The molecule has 0 aromatic rings. The molecule has 3 aliphatic rings. The van der Waals surface area contributed by atoms with Gasteiger partial charge in [0.15, 0.2) is 0 Å². The molecule has 3 heterocycles. The lowest BCUT2D eigenvalue weighted by Crippen LogP contribution is -2.62. The fourth-order valence-corrected chi connectivity index (χ4v) is 4.97. The van der Waals surface area contributed by atoms with Gasteiger partial charge < -0.3 is 5.73 Å². The monoisotopic (exact) mass is 251 g/mol. The molecule has 3 fully saturated rings. The van der Waals surface area contributed by atoms with Gasteiger partial charge >= 0.3 is 0 Å². The van der Waals surface area contributed by atoms with Gasteiger partial charge in [0.1, 0.15) is 0 Å². The summed E-state index contributed by atoms with van der Waals surface area (Å²) in [5.74, 6) is 1.68. The van der Waals surface area contributed by atoms with Crippen molar-refractivity contribution in [3.8, 4) is 0 Å². The van der Waals surface area contributed by atoms with Crippen LogP contribution in [0.25, 0.3) is 0 Å². The van der Waals surface area contributed by atoms with E-state index in [9.17, 15) is 0 Å². The van der Waals surface area contributed by atoms with Crippen molar-refractivity contribution in [1.29, 1.82) is 0 Å². The normalized spacial score (nSPS) is 46.5. The number of fused-ring (bicyclic) bond motifs is 1. The van der Waals surface area contributed by atoms with E-state index in [2.05, 4.69) is 23.6 Å². The minimum atomic E-state index is 0.305. The van der Waals surface area contributed by atoms with Crippen LogP contribution in [0, 0.1) is 11.8 Å². The molecule has 4 atom stereocenters. The number of nitrogens with zero attached hydrogens (tertiary/aromatic N) is 2. The highest BCUT2D eigenvalue weighted by molar-refractivity contribution is 5.10. The van der Waals surface area contributed by atoms with E-state index in [1.165, 1.54) is 51.9 Å². The topological polar surface area (TPSA) is 32.5 Å². The van der Waals surface area contributed by atoms with Crippen molar-refractivity contribution in [3.05, 3.63) is 0 Å². The fraction of sp³-hybridized carbons (Fsp3) is 1.00. The Bertz CT molecular complexity index is 296. The van der Waals surface area contributed by atoms with Gasteiger partial charge in [-0.3, -0.25) is 9.80 Å². The van der Waals surface area contributed by atoms with Crippen LogP contribution >= 0.6 is 0 Å². The summed E-state index contributed by atoms with van der Waals surface area (Å²) in [7, 11) is 0. The lowest BCUT2D eigenvalue weighted by Gasteiger charge is -2.49. The second kappa shape index (κ2) is 4.77. The van der Waals surface area contributed by atoms with Crippen molar-refractivity contribution in [2.75, 3.05) is 32.7 Å². The Morgan fingerprint density at radius 1 is 1.17 bits per heavy atom. The first-order valence-electron chi connectivity index (χ1n) is 7.85. The molecule has 0 saturated carbocycles. The smallest absolute Gasteiger partial charge is 0.0499 e. The maximum atomic E-state index is 6.28. The Kier molecular flexibility index (Phi) is 3.41. The average Bonchev–Trinajstić information content (AvgIpc) is 2.88. The fourth-order valence-electron chi connectivity index (χ4n) is 4.97. The number of hydrogen-bond donors (Lipinski definition) is 1. The summed E-state index contributed by atoms with van der Waals surface area (Å²) in [6, 6.07) is 0.750. The molecule has 0 bridgehead atoms. The van der Waals surface area contributed by atoms with Crippen LogP contribution in [0.2, 0.25) is 0 Å². The van der Waals surface area contributed by atoms with Gasteiger partial charge in [0.2, 0.25) is 0 Å². The van der Waals surface area contributed by atoms with Crippen molar-refractivity contribution < 1.29 is 0 Å². The van der Waals surface area contributed by atoms with Crippen molar-refractivity contribution in [2.24, 2.45) is 17.6 Å². The van der Waals surface area contributed by atoms with Gasteiger partial charge in [0.25, 0.3) is 0 Å². The van der Waals surface area contributed by atoms with Gasteiger partial charge in [-0.2, -0.15) is 0 Å². The minimum Gasteiger partial charge on any atom is -0.329 e. The molecular formula is C15H29N3. The van der Waals surface area contributed by atoms with Crippen LogP contribution in [0.3, 0.4) is 0 Å². The highest BCUT2D eigenvalue weighted by Gasteiger charge is 2.52. The molecule has 0 aliphatic carbocycles. The molecule has 0 spiro atoms. The zero-order chi connectivity index (χ0) is 12.8. The third kappa shape index (κ3) is 1.91. The standard InChI is InChI=1S/C15H29N3/c1-12-8-13(2)10-18(9-12)15(11-16)5-7-17-6-3-4-14(15)17/h12-14H,3-11,16H2,1-2H3. The van der Waals surface area contributed by atoms with E-state index < -0.39 is 0 Å². The van der Waals surface area contributed by atoms with Gasteiger partial charge in [-0.15, -0.1) is 0 Å². The summed E-state index contributed by atoms with van der Waals surface area (Å²) in [4.78, 5) is 5.48. The third-order valence-corrected chi connectivity index (χ3v) is 5.67. The summed E-state index contributed by atoms with van der Waals surface area (Å²) in [5, 5.41) is 0. The maximum Gasteiger partial charge on any atom is 0.0499 e. The molecule has 3 rings (SSSR count). The quantitative estimate of drug-likeness (QED) is 0.808. The Balaban J connectivity index is 1.82. The second-order valence-electron chi connectivity index (χ2n) is 7.10. The number of piperidine rings is 1. The van der Waals surface area contributed by atoms with Gasteiger partial charge in [-0.1, -0.05) is 13.8 Å². The number of likely N-dealkylation sites (tertiary alicyclic amines) is 1. The molecule has 0 aromatic carbocycles. The van der Waals surface area contributed by atoms with E-state index >= 15 is 0 Å². The molecule has 2 N–H and O–H groups in total. The first-order valence-corrected chi connectivity index (χ1v) is 7.85. The van der Waals surface area contributed by atoms with E-state index in [-0.39, 0.29) is 0 Å². The Morgan fingerprint density at radius 3 is 2.56 bits per heavy atom. The molecule has 3 aliphatic heterocycles. The highest BCUT2D eigenvalue weighted by Crippen LogP contribution is 2.41.